The molecule has 3 fully saturated rings. The van der Waals surface area contributed by atoms with Crippen molar-refractivity contribution in [2.24, 2.45) is 5.41 Å². The molecule has 1 aromatic heterocycles. The molecule has 0 bridgehead atoms. The first-order chi connectivity index (χ1) is 11.7. The number of rotatable bonds is 2. The molecule has 0 aromatic carbocycles. The summed E-state index contributed by atoms with van der Waals surface area (Å²) in [4.78, 5) is 25.5. The van der Waals surface area contributed by atoms with Crippen LogP contribution in [0.25, 0.3) is 0 Å². The van der Waals surface area contributed by atoms with E-state index in [2.05, 4.69) is 14.9 Å². The van der Waals surface area contributed by atoms with Crippen LogP contribution in [-0.4, -0.2) is 59.7 Å². The maximum Gasteiger partial charge on any atom is 0.230 e. The molecule has 4 heterocycles. The van der Waals surface area contributed by atoms with E-state index in [0.717, 1.165) is 58.4 Å². The first-order valence-electron chi connectivity index (χ1n) is 8.79. The maximum absolute atomic E-state index is 13.2. The van der Waals surface area contributed by atoms with E-state index < -0.39 is 5.82 Å². The van der Waals surface area contributed by atoms with Gasteiger partial charge in [0, 0.05) is 38.9 Å². The van der Waals surface area contributed by atoms with Crippen LogP contribution in [0.2, 0.25) is 0 Å². The number of halogens is 1. The predicted octanol–water partition coefficient (Wildman–Crippen LogP) is 1.61. The molecular weight excluding hydrogens is 311 g/mol. The van der Waals surface area contributed by atoms with Crippen LogP contribution in [0.4, 0.5) is 10.3 Å². The zero-order valence-corrected chi connectivity index (χ0v) is 13.8. The molecule has 3 aliphatic rings. The molecule has 130 valence electrons. The average molecular weight is 334 g/mol. The van der Waals surface area contributed by atoms with E-state index in [1.54, 1.807) is 0 Å². The second kappa shape index (κ2) is 6.27. The van der Waals surface area contributed by atoms with Crippen LogP contribution in [0.1, 0.15) is 32.1 Å². The van der Waals surface area contributed by atoms with Crippen LogP contribution in [0.15, 0.2) is 12.4 Å². The number of aromatic nitrogens is 2. The van der Waals surface area contributed by atoms with Gasteiger partial charge < -0.3 is 14.5 Å². The number of hydrogen-bond donors (Lipinski definition) is 0. The number of ether oxygens (including phenoxy) is 1. The van der Waals surface area contributed by atoms with Crippen molar-refractivity contribution in [3.05, 3.63) is 18.2 Å². The van der Waals surface area contributed by atoms with E-state index in [1.165, 1.54) is 12.4 Å². The van der Waals surface area contributed by atoms with Gasteiger partial charge in [-0.3, -0.25) is 4.79 Å². The van der Waals surface area contributed by atoms with Crippen LogP contribution in [0, 0.1) is 11.2 Å². The van der Waals surface area contributed by atoms with Gasteiger partial charge >= 0.3 is 0 Å². The summed E-state index contributed by atoms with van der Waals surface area (Å²) in [6.45, 7) is 3.78. The fourth-order valence-electron chi connectivity index (χ4n) is 4.34. The fraction of sp³-hybridized carbons (Fsp3) is 0.706. The molecule has 1 amide bonds. The summed E-state index contributed by atoms with van der Waals surface area (Å²) in [6.07, 6.45) is 7.00. The Kier molecular flexibility index (Phi) is 4.12. The molecular formula is C17H23FN4O2. The lowest BCUT2D eigenvalue weighted by molar-refractivity contribution is -0.139. The van der Waals surface area contributed by atoms with Gasteiger partial charge in [-0.05, 0) is 32.1 Å². The molecule has 7 heteroatoms. The molecule has 24 heavy (non-hydrogen) atoms. The lowest BCUT2D eigenvalue weighted by Crippen LogP contribution is -2.50. The van der Waals surface area contributed by atoms with Crippen molar-refractivity contribution in [1.82, 2.24) is 14.9 Å². The number of likely N-dealkylation sites (tertiary alicyclic amines) is 1. The minimum Gasteiger partial charge on any atom is -0.381 e. The fourth-order valence-corrected chi connectivity index (χ4v) is 4.34. The standard InChI is InChI=1S/C17H23FN4O2/c18-13-10-19-16(20-11-13)21-6-1-4-17(12-21)5-7-22(15(17)23)14-2-8-24-9-3-14/h10-11,14H,1-9,12H2. The van der Waals surface area contributed by atoms with Crippen molar-refractivity contribution < 1.29 is 13.9 Å². The minimum absolute atomic E-state index is 0.279. The van der Waals surface area contributed by atoms with Crippen LogP contribution >= 0.6 is 0 Å². The van der Waals surface area contributed by atoms with Crippen LogP contribution in [-0.2, 0) is 9.53 Å². The maximum atomic E-state index is 13.2. The van der Waals surface area contributed by atoms with E-state index in [1.807, 2.05) is 4.90 Å². The molecule has 3 aliphatic heterocycles. The summed E-state index contributed by atoms with van der Waals surface area (Å²) in [6, 6.07) is 0.322. The van der Waals surface area contributed by atoms with Gasteiger partial charge in [-0.15, -0.1) is 0 Å². The van der Waals surface area contributed by atoms with Crippen molar-refractivity contribution >= 4 is 11.9 Å². The summed E-state index contributed by atoms with van der Waals surface area (Å²) in [5, 5.41) is 0. The van der Waals surface area contributed by atoms with Gasteiger partial charge in [0.05, 0.1) is 17.8 Å². The highest BCUT2D eigenvalue weighted by Gasteiger charge is 2.50. The lowest BCUT2D eigenvalue weighted by Gasteiger charge is -2.40. The molecule has 4 rings (SSSR count). The lowest BCUT2D eigenvalue weighted by atomic mass is 9.78. The zero-order valence-electron chi connectivity index (χ0n) is 13.8. The van der Waals surface area contributed by atoms with Crippen LogP contribution < -0.4 is 4.90 Å². The summed E-state index contributed by atoms with van der Waals surface area (Å²) in [7, 11) is 0. The molecule has 0 radical (unpaired) electrons. The number of carbonyl (C=O) groups is 1. The van der Waals surface area contributed by atoms with E-state index in [-0.39, 0.29) is 11.3 Å². The number of hydrogen-bond acceptors (Lipinski definition) is 5. The highest BCUT2D eigenvalue weighted by molar-refractivity contribution is 5.86. The van der Waals surface area contributed by atoms with Crippen molar-refractivity contribution in [2.75, 3.05) is 37.7 Å². The third kappa shape index (κ3) is 2.75. The monoisotopic (exact) mass is 334 g/mol. The molecule has 1 aromatic rings. The van der Waals surface area contributed by atoms with Crippen LogP contribution in [0.5, 0.6) is 0 Å². The smallest absolute Gasteiger partial charge is 0.230 e. The van der Waals surface area contributed by atoms with E-state index in [4.69, 9.17) is 4.74 Å². The Morgan fingerprint density at radius 2 is 1.92 bits per heavy atom. The van der Waals surface area contributed by atoms with Gasteiger partial charge in [-0.25, -0.2) is 14.4 Å². The number of piperidine rings is 1. The second-order valence-corrected chi connectivity index (χ2v) is 7.10. The number of anilines is 1. The summed E-state index contributed by atoms with van der Waals surface area (Å²) < 4.78 is 18.5. The minimum atomic E-state index is -0.437. The Balaban J connectivity index is 1.50. The Labute approximate surface area is 141 Å². The predicted molar refractivity (Wildman–Crippen MR) is 86.0 cm³/mol. The Bertz CT molecular complexity index is 605. The van der Waals surface area contributed by atoms with E-state index in [9.17, 15) is 9.18 Å². The van der Waals surface area contributed by atoms with Gasteiger partial charge in [-0.2, -0.15) is 0 Å². The number of nitrogens with zero attached hydrogens (tertiary/aromatic N) is 4. The third-order valence-electron chi connectivity index (χ3n) is 5.64. The average Bonchev–Trinajstić information content (AvgIpc) is 2.93. The summed E-state index contributed by atoms with van der Waals surface area (Å²) >= 11 is 0. The van der Waals surface area contributed by atoms with Gasteiger partial charge in [0.2, 0.25) is 11.9 Å². The molecule has 1 spiro atoms. The number of carbonyl (C=O) groups excluding carboxylic acids is 1. The molecule has 3 saturated heterocycles. The van der Waals surface area contributed by atoms with Crippen molar-refractivity contribution in [3.8, 4) is 0 Å². The molecule has 0 saturated carbocycles. The highest BCUT2D eigenvalue weighted by atomic mass is 19.1. The molecule has 0 N–H and O–H groups in total. The first-order valence-corrected chi connectivity index (χ1v) is 8.79. The highest BCUT2D eigenvalue weighted by Crippen LogP contribution is 2.42. The van der Waals surface area contributed by atoms with E-state index in [0.29, 0.717) is 18.5 Å². The molecule has 6 nitrogen and oxygen atoms in total. The molecule has 1 unspecified atom stereocenters. The first kappa shape index (κ1) is 15.7. The Hall–Kier alpha value is -1.76. The topological polar surface area (TPSA) is 58.6 Å². The van der Waals surface area contributed by atoms with Gasteiger partial charge in [0.1, 0.15) is 0 Å². The van der Waals surface area contributed by atoms with Crippen molar-refractivity contribution in [3.63, 3.8) is 0 Å². The Morgan fingerprint density at radius 1 is 1.17 bits per heavy atom. The third-order valence-corrected chi connectivity index (χ3v) is 5.64. The van der Waals surface area contributed by atoms with Gasteiger partial charge in [0.25, 0.3) is 0 Å². The quantitative estimate of drug-likeness (QED) is 0.822. The second-order valence-electron chi connectivity index (χ2n) is 7.10. The van der Waals surface area contributed by atoms with Gasteiger partial charge in [-0.1, -0.05) is 0 Å². The van der Waals surface area contributed by atoms with Crippen molar-refractivity contribution in [1.29, 1.82) is 0 Å². The molecule has 1 atom stereocenters. The Morgan fingerprint density at radius 3 is 2.67 bits per heavy atom. The van der Waals surface area contributed by atoms with Crippen molar-refractivity contribution in [2.45, 2.75) is 38.1 Å². The zero-order chi connectivity index (χ0) is 16.6. The summed E-state index contributed by atoms with van der Waals surface area (Å²) in [5.74, 6) is 0.363. The van der Waals surface area contributed by atoms with Crippen LogP contribution in [0.3, 0.4) is 0 Å². The SMILES string of the molecule is O=C1N(C2CCOCC2)CCC12CCCN(c1ncc(F)cn1)C2. The normalized spacial score (nSPS) is 28.8. The largest absolute Gasteiger partial charge is 0.381 e. The molecule has 0 aliphatic carbocycles. The summed E-state index contributed by atoms with van der Waals surface area (Å²) in [5.41, 5.74) is -0.325. The van der Waals surface area contributed by atoms with E-state index >= 15 is 0 Å². The van der Waals surface area contributed by atoms with Gasteiger partial charge in [0.15, 0.2) is 5.82 Å². The number of amides is 1.